The number of amides is 1. The average Bonchev–Trinajstić information content (AvgIpc) is 2.71. The molecule has 0 saturated carbocycles. The summed E-state index contributed by atoms with van der Waals surface area (Å²) in [4.78, 5) is 18.7. The summed E-state index contributed by atoms with van der Waals surface area (Å²) in [6.07, 6.45) is 3.18. The van der Waals surface area contributed by atoms with Crippen molar-refractivity contribution < 1.29 is 19.0 Å². The fraction of sp³-hybridized carbons (Fsp3) is 0.400. The van der Waals surface area contributed by atoms with E-state index in [0.29, 0.717) is 49.2 Å². The lowest BCUT2D eigenvalue weighted by Gasteiger charge is -2.31. The molecule has 0 atom stereocenters. The van der Waals surface area contributed by atoms with Crippen LogP contribution >= 0.6 is 0 Å². The number of anilines is 2. The van der Waals surface area contributed by atoms with Gasteiger partial charge in [0, 0.05) is 43.2 Å². The van der Waals surface area contributed by atoms with Gasteiger partial charge >= 0.3 is 0 Å². The summed E-state index contributed by atoms with van der Waals surface area (Å²) < 4.78 is 17.1. The van der Waals surface area contributed by atoms with Crippen molar-refractivity contribution in [2.24, 2.45) is 0 Å². The number of hydrogen-bond acceptors (Lipinski definition) is 6. The van der Waals surface area contributed by atoms with E-state index in [2.05, 4.69) is 15.2 Å². The Balaban J connectivity index is 1.94. The summed E-state index contributed by atoms with van der Waals surface area (Å²) in [6, 6.07) is 7.10. The van der Waals surface area contributed by atoms with Crippen molar-refractivity contribution in [3.8, 4) is 11.5 Å². The normalized spacial score (nSPS) is 13.9. The predicted molar refractivity (Wildman–Crippen MR) is 104 cm³/mol. The van der Waals surface area contributed by atoms with Gasteiger partial charge in [-0.1, -0.05) is 0 Å². The fourth-order valence-corrected chi connectivity index (χ4v) is 2.94. The number of carbonyl (C=O) groups excluding carboxylic acids is 1. The van der Waals surface area contributed by atoms with Crippen molar-refractivity contribution >= 4 is 17.3 Å². The Hall–Kier alpha value is -2.80. The molecule has 3 rings (SSSR count). The number of ether oxygens (including phenoxy) is 3. The molecule has 7 heteroatoms. The molecule has 0 spiro atoms. The van der Waals surface area contributed by atoms with Crippen LogP contribution in [0.25, 0.3) is 0 Å². The van der Waals surface area contributed by atoms with Crippen LogP contribution < -0.4 is 19.7 Å². The Morgan fingerprint density at radius 3 is 2.44 bits per heavy atom. The molecule has 0 aliphatic carbocycles. The van der Waals surface area contributed by atoms with Crippen molar-refractivity contribution in [2.75, 3.05) is 49.7 Å². The number of benzene rings is 1. The summed E-state index contributed by atoms with van der Waals surface area (Å²) in [5, 5.41) is 2.93. The zero-order valence-corrected chi connectivity index (χ0v) is 15.7. The van der Waals surface area contributed by atoms with Gasteiger partial charge in [0.15, 0.2) is 0 Å². The highest BCUT2D eigenvalue weighted by Crippen LogP contribution is 2.39. The molecule has 0 radical (unpaired) electrons. The zero-order chi connectivity index (χ0) is 19.1. The Kier molecular flexibility index (Phi) is 6.49. The highest BCUT2D eigenvalue weighted by Gasteiger charge is 2.20. The van der Waals surface area contributed by atoms with E-state index >= 15 is 0 Å². The molecule has 2 aromatic rings. The highest BCUT2D eigenvalue weighted by atomic mass is 16.5. The summed E-state index contributed by atoms with van der Waals surface area (Å²) >= 11 is 0. The molecule has 144 valence electrons. The zero-order valence-electron chi connectivity index (χ0n) is 15.7. The number of pyridine rings is 1. The van der Waals surface area contributed by atoms with E-state index in [1.54, 1.807) is 24.5 Å². The van der Waals surface area contributed by atoms with Gasteiger partial charge in [-0.2, -0.15) is 0 Å². The van der Waals surface area contributed by atoms with E-state index in [4.69, 9.17) is 14.2 Å². The van der Waals surface area contributed by atoms with Gasteiger partial charge in [0.1, 0.15) is 11.5 Å². The van der Waals surface area contributed by atoms with Gasteiger partial charge in [-0.25, -0.2) is 0 Å². The van der Waals surface area contributed by atoms with E-state index in [1.165, 1.54) is 0 Å². The Morgan fingerprint density at radius 1 is 1.11 bits per heavy atom. The molecule has 1 aliphatic heterocycles. The number of nitrogens with zero attached hydrogens (tertiary/aromatic N) is 2. The van der Waals surface area contributed by atoms with Gasteiger partial charge in [0.05, 0.1) is 37.8 Å². The Labute approximate surface area is 159 Å². The van der Waals surface area contributed by atoms with Crippen LogP contribution in [0.5, 0.6) is 11.5 Å². The third-order valence-electron chi connectivity index (χ3n) is 4.20. The second-order valence-electron chi connectivity index (χ2n) is 5.97. The molecule has 1 aromatic heterocycles. The minimum Gasteiger partial charge on any atom is -0.492 e. The smallest absolute Gasteiger partial charge is 0.255 e. The number of hydrogen-bond donors (Lipinski definition) is 1. The molecule has 27 heavy (non-hydrogen) atoms. The lowest BCUT2D eigenvalue weighted by Crippen LogP contribution is -2.36. The molecule has 2 heterocycles. The van der Waals surface area contributed by atoms with Crippen LogP contribution in [0.2, 0.25) is 0 Å². The molecule has 1 aromatic carbocycles. The first-order valence-electron chi connectivity index (χ1n) is 9.20. The monoisotopic (exact) mass is 371 g/mol. The standard InChI is InChI=1S/C20H25N3O4/c1-3-26-18-14-17(23-9-11-25-12-10-23)19(27-4-2)13-16(18)22-20(24)15-5-7-21-8-6-15/h5-8,13-14H,3-4,9-12H2,1-2H3,(H,22,24). The number of nitrogens with one attached hydrogen (secondary N) is 1. The average molecular weight is 371 g/mol. The maximum absolute atomic E-state index is 12.6. The van der Waals surface area contributed by atoms with Gasteiger partial charge in [-0.3, -0.25) is 9.78 Å². The van der Waals surface area contributed by atoms with Crippen molar-refractivity contribution in [1.29, 1.82) is 0 Å². The second-order valence-corrected chi connectivity index (χ2v) is 5.97. The van der Waals surface area contributed by atoms with Crippen LogP contribution in [0.4, 0.5) is 11.4 Å². The summed E-state index contributed by atoms with van der Waals surface area (Å²) in [7, 11) is 0. The summed E-state index contributed by atoms with van der Waals surface area (Å²) in [5.41, 5.74) is 2.06. The van der Waals surface area contributed by atoms with E-state index in [-0.39, 0.29) is 5.91 Å². The van der Waals surface area contributed by atoms with Crippen LogP contribution in [-0.2, 0) is 4.74 Å². The van der Waals surface area contributed by atoms with Gasteiger partial charge in [0.2, 0.25) is 0 Å². The number of morpholine rings is 1. The van der Waals surface area contributed by atoms with Crippen molar-refractivity contribution in [3.63, 3.8) is 0 Å². The van der Waals surface area contributed by atoms with Crippen LogP contribution in [0.15, 0.2) is 36.7 Å². The van der Waals surface area contributed by atoms with E-state index in [9.17, 15) is 4.79 Å². The van der Waals surface area contributed by atoms with Crippen molar-refractivity contribution in [2.45, 2.75) is 13.8 Å². The molecule has 0 bridgehead atoms. The minimum atomic E-state index is -0.222. The maximum atomic E-state index is 12.6. The predicted octanol–water partition coefficient (Wildman–Crippen LogP) is 2.97. The van der Waals surface area contributed by atoms with E-state index in [1.807, 2.05) is 26.0 Å². The van der Waals surface area contributed by atoms with Gasteiger partial charge in [-0.15, -0.1) is 0 Å². The Morgan fingerprint density at radius 2 is 1.78 bits per heavy atom. The molecule has 7 nitrogen and oxygen atoms in total. The van der Waals surface area contributed by atoms with Crippen LogP contribution in [0.1, 0.15) is 24.2 Å². The van der Waals surface area contributed by atoms with Crippen molar-refractivity contribution in [1.82, 2.24) is 4.98 Å². The number of carbonyl (C=O) groups is 1. The van der Waals surface area contributed by atoms with Crippen molar-refractivity contribution in [3.05, 3.63) is 42.2 Å². The second kappa shape index (κ2) is 9.23. The first kappa shape index (κ1) is 19.0. The first-order chi connectivity index (χ1) is 13.2. The first-order valence-corrected chi connectivity index (χ1v) is 9.20. The third-order valence-corrected chi connectivity index (χ3v) is 4.20. The SMILES string of the molecule is CCOc1cc(N2CCOCC2)c(OCC)cc1NC(=O)c1ccncc1. The molecule has 1 N–H and O–H groups in total. The fourth-order valence-electron chi connectivity index (χ4n) is 2.94. The largest absolute Gasteiger partial charge is 0.492 e. The van der Waals surface area contributed by atoms with Gasteiger partial charge in [-0.05, 0) is 26.0 Å². The molecule has 1 aliphatic rings. The highest BCUT2D eigenvalue weighted by molar-refractivity contribution is 6.05. The topological polar surface area (TPSA) is 72.9 Å². The molecule has 1 saturated heterocycles. The molecular formula is C20H25N3O4. The van der Waals surface area contributed by atoms with Crippen LogP contribution in [0, 0.1) is 0 Å². The number of rotatable bonds is 7. The lowest BCUT2D eigenvalue weighted by molar-refractivity contribution is 0.102. The molecular weight excluding hydrogens is 346 g/mol. The van der Waals surface area contributed by atoms with E-state index in [0.717, 1.165) is 18.8 Å². The summed E-state index contributed by atoms with van der Waals surface area (Å²) in [5.74, 6) is 1.11. The summed E-state index contributed by atoms with van der Waals surface area (Å²) in [6.45, 7) is 7.81. The van der Waals surface area contributed by atoms with Crippen LogP contribution in [-0.4, -0.2) is 50.4 Å². The minimum absolute atomic E-state index is 0.222. The Bertz CT molecular complexity index is 761. The quantitative estimate of drug-likeness (QED) is 0.807. The molecule has 1 fully saturated rings. The molecule has 1 amide bonds. The molecule has 0 unspecified atom stereocenters. The van der Waals surface area contributed by atoms with E-state index < -0.39 is 0 Å². The lowest BCUT2D eigenvalue weighted by atomic mass is 10.2. The third kappa shape index (κ3) is 4.68. The van der Waals surface area contributed by atoms with Crippen LogP contribution in [0.3, 0.4) is 0 Å². The van der Waals surface area contributed by atoms with Gasteiger partial charge < -0.3 is 24.4 Å². The van der Waals surface area contributed by atoms with Gasteiger partial charge in [0.25, 0.3) is 5.91 Å². The maximum Gasteiger partial charge on any atom is 0.255 e. The number of aromatic nitrogens is 1.